The summed E-state index contributed by atoms with van der Waals surface area (Å²) in [7, 11) is 1.59. The maximum absolute atomic E-state index is 11.7. The van der Waals surface area contributed by atoms with Gasteiger partial charge in [-0.3, -0.25) is 9.48 Å². The summed E-state index contributed by atoms with van der Waals surface area (Å²) in [5, 5.41) is 15.0. The zero-order valence-corrected chi connectivity index (χ0v) is 10.5. The van der Waals surface area contributed by atoms with Crippen molar-refractivity contribution in [1.29, 1.82) is 5.26 Å². The lowest BCUT2D eigenvalue weighted by molar-refractivity contribution is -0.115. The van der Waals surface area contributed by atoms with Crippen LogP contribution < -0.4 is 5.32 Å². The van der Waals surface area contributed by atoms with Gasteiger partial charge in [0.15, 0.2) is 0 Å². The molecule has 0 spiro atoms. The van der Waals surface area contributed by atoms with E-state index in [9.17, 15) is 9.59 Å². The SMILES string of the molecule is CCOC(=O)c1c(C)nn(C)c1NC(=O)CC#N. The quantitative estimate of drug-likeness (QED) is 0.795. The van der Waals surface area contributed by atoms with E-state index in [1.807, 2.05) is 0 Å². The third-order valence-corrected chi connectivity index (χ3v) is 2.20. The molecule has 0 aliphatic heterocycles. The van der Waals surface area contributed by atoms with Gasteiger partial charge in [-0.05, 0) is 13.8 Å². The van der Waals surface area contributed by atoms with Crippen LogP contribution in [0, 0.1) is 18.3 Å². The molecular formula is C11H14N4O3. The van der Waals surface area contributed by atoms with Gasteiger partial charge in [0.2, 0.25) is 5.91 Å². The fourth-order valence-electron chi connectivity index (χ4n) is 1.50. The number of anilines is 1. The van der Waals surface area contributed by atoms with Gasteiger partial charge in [0, 0.05) is 7.05 Å². The van der Waals surface area contributed by atoms with Gasteiger partial charge < -0.3 is 10.1 Å². The van der Waals surface area contributed by atoms with Gasteiger partial charge in [-0.1, -0.05) is 0 Å². The molecule has 18 heavy (non-hydrogen) atoms. The van der Waals surface area contributed by atoms with E-state index in [4.69, 9.17) is 10.00 Å². The van der Waals surface area contributed by atoms with E-state index in [1.54, 1.807) is 27.0 Å². The van der Waals surface area contributed by atoms with Crippen LogP contribution in [0.25, 0.3) is 0 Å². The van der Waals surface area contributed by atoms with E-state index in [0.717, 1.165) is 0 Å². The molecule has 0 atom stereocenters. The second-order valence-electron chi connectivity index (χ2n) is 3.54. The molecule has 0 aliphatic carbocycles. The first-order valence-electron chi connectivity index (χ1n) is 5.38. The largest absolute Gasteiger partial charge is 0.462 e. The summed E-state index contributed by atoms with van der Waals surface area (Å²) in [5.41, 5.74) is 0.675. The van der Waals surface area contributed by atoms with Crippen LogP contribution >= 0.6 is 0 Å². The number of rotatable bonds is 4. The smallest absolute Gasteiger partial charge is 0.343 e. The first kappa shape index (κ1) is 13.7. The van der Waals surface area contributed by atoms with Crippen LogP contribution in [-0.4, -0.2) is 28.3 Å². The van der Waals surface area contributed by atoms with Crippen LogP contribution in [0.15, 0.2) is 0 Å². The number of ether oxygens (including phenoxy) is 1. The van der Waals surface area contributed by atoms with Crippen molar-refractivity contribution in [2.45, 2.75) is 20.3 Å². The fourth-order valence-corrected chi connectivity index (χ4v) is 1.50. The predicted octanol–water partition coefficient (Wildman–Crippen LogP) is 0.757. The highest BCUT2D eigenvalue weighted by Gasteiger charge is 2.22. The molecule has 0 aromatic carbocycles. The molecule has 7 nitrogen and oxygen atoms in total. The molecule has 0 aliphatic rings. The van der Waals surface area contributed by atoms with Crippen molar-refractivity contribution >= 4 is 17.7 Å². The van der Waals surface area contributed by atoms with Crippen LogP contribution in [-0.2, 0) is 16.6 Å². The first-order chi connectivity index (χ1) is 8.51. The number of nitriles is 1. The summed E-state index contributed by atoms with van der Waals surface area (Å²) >= 11 is 0. The van der Waals surface area contributed by atoms with Gasteiger partial charge in [-0.15, -0.1) is 0 Å². The topological polar surface area (TPSA) is 97.0 Å². The molecule has 1 aromatic heterocycles. The van der Waals surface area contributed by atoms with Crippen LogP contribution in [0.4, 0.5) is 5.82 Å². The Hall–Kier alpha value is -2.36. The Morgan fingerprint density at radius 3 is 2.78 bits per heavy atom. The monoisotopic (exact) mass is 250 g/mol. The van der Waals surface area contributed by atoms with Crippen molar-refractivity contribution in [3.8, 4) is 6.07 Å². The van der Waals surface area contributed by atoms with Crippen LogP contribution in [0.3, 0.4) is 0 Å². The Labute approximate surface area is 104 Å². The van der Waals surface area contributed by atoms with Crippen molar-refractivity contribution < 1.29 is 14.3 Å². The molecule has 1 amide bonds. The fraction of sp³-hybridized carbons (Fsp3) is 0.455. The number of esters is 1. The molecule has 0 unspecified atom stereocenters. The van der Waals surface area contributed by atoms with E-state index in [0.29, 0.717) is 5.69 Å². The highest BCUT2D eigenvalue weighted by Crippen LogP contribution is 2.20. The highest BCUT2D eigenvalue weighted by atomic mass is 16.5. The molecule has 1 heterocycles. The number of hydrogen-bond acceptors (Lipinski definition) is 5. The zero-order chi connectivity index (χ0) is 13.7. The summed E-state index contributed by atoms with van der Waals surface area (Å²) < 4.78 is 6.27. The number of hydrogen-bond donors (Lipinski definition) is 1. The average molecular weight is 250 g/mol. The number of carbonyl (C=O) groups excluding carboxylic acids is 2. The minimum atomic E-state index is -0.546. The zero-order valence-electron chi connectivity index (χ0n) is 10.5. The van der Waals surface area contributed by atoms with Crippen molar-refractivity contribution in [1.82, 2.24) is 9.78 Å². The maximum Gasteiger partial charge on any atom is 0.343 e. The molecule has 1 aromatic rings. The number of nitrogens with zero attached hydrogens (tertiary/aromatic N) is 3. The lowest BCUT2D eigenvalue weighted by Gasteiger charge is -2.06. The number of carbonyl (C=O) groups is 2. The number of aromatic nitrogens is 2. The van der Waals surface area contributed by atoms with Gasteiger partial charge in [0.1, 0.15) is 17.8 Å². The van der Waals surface area contributed by atoms with E-state index in [-0.39, 0.29) is 24.4 Å². The van der Waals surface area contributed by atoms with Crippen LogP contribution in [0.1, 0.15) is 29.4 Å². The summed E-state index contributed by atoms with van der Waals surface area (Å²) in [5.74, 6) is -0.799. The first-order valence-corrected chi connectivity index (χ1v) is 5.38. The maximum atomic E-state index is 11.7. The van der Waals surface area contributed by atoms with Gasteiger partial charge in [0.25, 0.3) is 0 Å². The van der Waals surface area contributed by atoms with Crippen molar-refractivity contribution in [2.24, 2.45) is 7.05 Å². The Morgan fingerprint density at radius 2 is 2.22 bits per heavy atom. The van der Waals surface area contributed by atoms with Gasteiger partial charge in [-0.2, -0.15) is 10.4 Å². The minimum absolute atomic E-state index is 0.214. The normalized spacial score (nSPS) is 9.67. The third kappa shape index (κ3) is 2.85. The Morgan fingerprint density at radius 1 is 1.56 bits per heavy atom. The van der Waals surface area contributed by atoms with Gasteiger partial charge >= 0.3 is 5.97 Å². The molecule has 0 bridgehead atoms. The minimum Gasteiger partial charge on any atom is -0.462 e. The standard InChI is InChI=1S/C11H14N4O3/c1-4-18-11(17)9-7(2)14-15(3)10(9)13-8(16)5-6-12/h4-5H2,1-3H3,(H,13,16). The molecule has 0 radical (unpaired) electrons. The van der Waals surface area contributed by atoms with Crippen molar-refractivity contribution in [2.75, 3.05) is 11.9 Å². The lowest BCUT2D eigenvalue weighted by atomic mass is 10.2. The molecule has 1 N–H and O–H groups in total. The molecule has 1 rings (SSSR count). The average Bonchev–Trinajstić information content (AvgIpc) is 2.54. The van der Waals surface area contributed by atoms with E-state index < -0.39 is 11.9 Å². The molecule has 96 valence electrons. The van der Waals surface area contributed by atoms with E-state index in [2.05, 4.69) is 10.4 Å². The number of nitrogens with one attached hydrogen (secondary N) is 1. The molecular weight excluding hydrogens is 236 g/mol. The van der Waals surface area contributed by atoms with Gasteiger partial charge in [0.05, 0.1) is 18.4 Å². The Bertz CT molecular complexity index is 513. The van der Waals surface area contributed by atoms with Crippen LogP contribution in [0.5, 0.6) is 0 Å². The van der Waals surface area contributed by atoms with Crippen molar-refractivity contribution in [3.05, 3.63) is 11.3 Å². The molecule has 7 heteroatoms. The summed E-state index contributed by atoms with van der Waals surface area (Å²) in [4.78, 5) is 23.1. The van der Waals surface area contributed by atoms with Crippen LogP contribution in [0.2, 0.25) is 0 Å². The number of aryl methyl sites for hydroxylation is 2. The number of amides is 1. The molecule has 0 saturated carbocycles. The predicted molar refractivity (Wildman–Crippen MR) is 62.8 cm³/mol. The summed E-state index contributed by atoms with van der Waals surface area (Å²) in [6.07, 6.45) is -0.285. The highest BCUT2D eigenvalue weighted by molar-refractivity contribution is 6.01. The third-order valence-electron chi connectivity index (χ3n) is 2.20. The Balaban J connectivity index is 3.07. The lowest BCUT2D eigenvalue weighted by Crippen LogP contribution is -2.17. The molecule has 0 saturated heterocycles. The summed E-state index contributed by atoms with van der Waals surface area (Å²) in [6, 6.07) is 1.73. The van der Waals surface area contributed by atoms with Crippen molar-refractivity contribution in [3.63, 3.8) is 0 Å². The van der Waals surface area contributed by atoms with E-state index in [1.165, 1.54) is 4.68 Å². The Kier molecular flexibility index (Phi) is 4.43. The van der Waals surface area contributed by atoms with E-state index >= 15 is 0 Å². The second-order valence-corrected chi connectivity index (χ2v) is 3.54. The second kappa shape index (κ2) is 5.82. The summed E-state index contributed by atoms with van der Waals surface area (Å²) in [6.45, 7) is 3.57. The van der Waals surface area contributed by atoms with Gasteiger partial charge in [-0.25, -0.2) is 4.79 Å². The molecule has 0 fully saturated rings.